The van der Waals surface area contributed by atoms with Gasteiger partial charge in [0.15, 0.2) is 0 Å². The summed E-state index contributed by atoms with van der Waals surface area (Å²) >= 11 is 0. The zero-order chi connectivity index (χ0) is 8.43. The summed E-state index contributed by atoms with van der Waals surface area (Å²) in [5.41, 5.74) is 0. The van der Waals surface area contributed by atoms with E-state index in [1.807, 2.05) is 6.92 Å². The van der Waals surface area contributed by atoms with Crippen LogP contribution in [0.3, 0.4) is 0 Å². The van der Waals surface area contributed by atoms with Crippen molar-refractivity contribution in [3.8, 4) is 0 Å². The molecule has 2 atom stereocenters. The van der Waals surface area contributed by atoms with Crippen molar-refractivity contribution in [1.29, 1.82) is 0 Å². The lowest BCUT2D eigenvalue weighted by atomic mass is 9.94. The van der Waals surface area contributed by atoms with Gasteiger partial charge in [-0.25, -0.2) is 0 Å². The summed E-state index contributed by atoms with van der Waals surface area (Å²) in [4.78, 5) is 11.1. The molecule has 1 saturated heterocycles. The van der Waals surface area contributed by atoms with Crippen LogP contribution < -0.4 is 0 Å². The summed E-state index contributed by atoms with van der Waals surface area (Å²) < 4.78 is 5.22. The molecule has 0 aliphatic carbocycles. The molecule has 1 aliphatic heterocycles. The summed E-state index contributed by atoms with van der Waals surface area (Å²) in [5.74, 6) is 0.561. The van der Waals surface area contributed by atoms with Crippen LogP contribution in [-0.2, 0) is 9.53 Å². The monoisotopic (exact) mass is 156 g/mol. The molecule has 0 amide bonds. The fourth-order valence-electron chi connectivity index (χ4n) is 1.33. The van der Waals surface area contributed by atoms with Crippen LogP contribution in [-0.4, -0.2) is 12.1 Å². The lowest BCUT2D eigenvalue weighted by Gasteiger charge is -2.28. The van der Waals surface area contributed by atoms with Gasteiger partial charge in [0.1, 0.15) is 6.10 Å². The summed E-state index contributed by atoms with van der Waals surface area (Å²) in [6.45, 7) is 6.11. The minimum Gasteiger partial charge on any atom is -0.462 e. The maximum Gasteiger partial charge on any atom is 0.308 e. The molecule has 0 radical (unpaired) electrons. The van der Waals surface area contributed by atoms with Gasteiger partial charge < -0.3 is 4.74 Å². The van der Waals surface area contributed by atoms with E-state index in [4.69, 9.17) is 4.74 Å². The Labute approximate surface area is 67.9 Å². The van der Waals surface area contributed by atoms with Crippen molar-refractivity contribution >= 4 is 5.97 Å². The second-order valence-electron chi connectivity index (χ2n) is 3.70. The van der Waals surface area contributed by atoms with Gasteiger partial charge in [-0.1, -0.05) is 20.8 Å². The van der Waals surface area contributed by atoms with Gasteiger partial charge in [-0.05, 0) is 18.8 Å². The van der Waals surface area contributed by atoms with E-state index >= 15 is 0 Å². The molecule has 11 heavy (non-hydrogen) atoms. The first-order valence-corrected chi connectivity index (χ1v) is 4.31. The number of hydrogen-bond acceptors (Lipinski definition) is 2. The average molecular weight is 156 g/mol. The van der Waals surface area contributed by atoms with Crippen LogP contribution in [0.25, 0.3) is 0 Å². The second-order valence-corrected chi connectivity index (χ2v) is 3.70. The molecule has 0 saturated carbocycles. The molecule has 0 spiro atoms. The van der Waals surface area contributed by atoms with Crippen LogP contribution in [0, 0.1) is 11.8 Å². The third kappa shape index (κ3) is 1.95. The third-order valence-corrected chi connectivity index (χ3v) is 2.30. The SMILES string of the molecule is CC(C)[C@@H]1CC[C@@H](C)C(=O)O1. The van der Waals surface area contributed by atoms with Gasteiger partial charge in [-0.2, -0.15) is 0 Å². The number of rotatable bonds is 1. The fourth-order valence-corrected chi connectivity index (χ4v) is 1.33. The first-order chi connectivity index (χ1) is 5.11. The van der Waals surface area contributed by atoms with E-state index in [2.05, 4.69) is 13.8 Å². The van der Waals surface area contributed by atoms with E-state index in [0.717, 1.165) is 12.8 Å². The standard InChI is InChI=1S/C9H16O2/c1-6(2)8-5-4-7(3)9(10)11-8/h6-8H,4-5H2,1-3H3/t7-,8+/m1/s1. The molecule has 64 valence electrons. The Balaban J connectivity index is 2.46. The summed E-state index contributed by atoms with van der Waals surface area (Å²) in [6.07, 6.45) is 2.19. The highest BCUT2D eigenvalue weighted by Crippen LogP contribution is 2.23. The lowest BCUT2D eigenvalue weighted by Crippen LogP contribution is -2.32. The predicted octanol–water partition coefficient (Wildman–Crippen LogP) is 1.98. The Bertz CT molecular complexity index is 152. The Morgan fingerprint density at radius 2 is 2.09 bits per heavy atom. The van der Waals surface area contributed by atoms with Gasteiger partial charge in [0.25, 0.3) is 0 Å². The highest BCUT2D eigenvalue weighted by Gasteiger charge is 2.28. The first-order valence-electron chi connectivity index (χ1n) is 4.31. The predicted molar refractivity (Wildman–Crippen MR) is 43.1 cm³/mol. The number of hydrogen-bond donors (Lipinski definition) is 0. The highest BCUT2D eigenvalue weighted by molar-refractivity contribution is 5.72. The topological polar surface area (TPSA) is 26.3 Å². The maximum absolute atomic E-state index is 11.1. The third-order valence-electron chi connectivity index (χ3n) is 2.30. The molecule has 1 fully saturated rings. The number of cyclic esters (lactones) is 1. The van der Waals surface area contributed by atoms with Crippen molar-refractivity contribution in [3.63, 3.8) is 0 Å². The Morgan fingerprint density at radius 1 is 1.45 bits per heavy atom. The highest BCUT2D eigenvalue weighted by atomic mass is 16.5. The Hall–Kier alpha value is -0.530. The van der Waals surface area contributed by atoms with Gasteiger partial charge in [0.05, 0.1) is 5.92 Å². The summed E-state index contributed by atoms with van der Waals surface area (Å²) in [7, 11) is 0. The van der Waals surface area contributed by atoms with Gasteiger partial charge in [0.2, 0.25) is 0 Å². The number of ether oxygens (including phenoxy) is 1. The van der Waals surface area contributed by atoms with Crippen LogP contribution in [0.5, 0.6) is 0 Å². The molecule has 0 aromatic carbocycles. The smallest absolute Gasteiger partial charge is 0.308 e. The lowest BCUT2D eigenvalue weighted by molar-refractivity contribution is -0.162. The molecule has 2 heteroatoms. The van der Waals surface area contributed by atoms with E-state index in [9.17, 15) is 4.79 Å². The molecule has 0 aromatic heterocycles. The van der Waals surface area contributed by atoms with Crippen molar-refractivity contribution in [3.05, 3.63) is 0 Å². The second kappa shape index (κ2) is 3.24. The molecule has 1 aliphatic rings. The van der Waals surface area contributed by atoms with Gasteiger partial charge in [0, 0.05) is 0 Å². The van der Waals surface area contributed by atoms with E-state index in [0.29, 0.717) is 5.92 Å². The fraction of sp³-hybridized carbons (Fsp3) is 0.889. The van der Waals surface area contributed by atoms with Crippen LogP contribution in [0.4, 0.5) is 0 Å². The molecule has 0 aromatic rings. The molecule has 0 bridgehead atoms. The number of esters is 1. The zero-order valence-corrected chi connectivity index (χ0v) is 7.46. The van der Waals surface area contributed by atoms with Crippen molar-refractivity contribution in [2.75, 3.05) is 0 Å². The van der Waals surface area contributed by atoms with Crippen LogP contribution in [0.1, 0.15) is 33.6 Å². The van der Waals surface area contributed by atoms with Crippen LogP contribution in [0.2, 0.25) is 0 Å². The average Bonchev–Trinajstić information content (AvgIpc) is 1.94. The molecule has 2 nitrogen and oxygen atoms in total. The Kier molecular flexibility index (Phi) is 2.53. The molecular formula is C9H16O2. The first kappa shape index (κ1) is 8.57. The van der Waals surface area contributed by atoms with Crippen molar-refractivity contribution in [2.24, 2.45) is 11.8 Å². The molecule has 0 N–H and O–H groups in total. The molecule has 0 unspecified atom stereocenters. The van der Waals surface area contributed by atoms with E-state index in [1.165, 1.54) is 0 Å². The minimum atomic E-state index is -0.0186. The van der Waals surface area contributed by atoms with Crippen molar-refractivity contribution in [1.82, 2.24) is 0 Å². The minimum absolute atomic E-state index is 0.0186. The molecule has 1 rings (SSSR count). The largest absolute Gasteiger partial charge is 0.462 e. The van der Waals surface area contributed by atoms with Gasteiger partial charge in [-0.3, -0.25) is 4.79 Å². The van der Waals surface area contributed by atoms with Crippen molar-refractivity contribution < 1.29 is 9.53 Å². The zero-order valence-electron chi connectivity index (χ0n) is 7.46. The van der Waals surface area contributed by atoms with Crippen LogP contribution in [0.15, 0.2) is 0 Å². The quantitative estimate of drug-likeness (QED) is 0.543. The van der Waals surface area contributed by atoms with Crippen LogP contribution >= 0.6 is 0 Å². The maximum atomic E-state index is 11.1. The van der Waals surface area contributed by atoms with E-state index < -0.39 is 0 Å². The Morgan fingerprint density at radius 3 is 2.55 bits per heavy atom. The van der Waals surface area contributed by atoms with Crippen molar-refractivity contribution in [2.45, 2.75) is 39.7 Å². The number of carbonyl (C=O) groups is 1. The van der Waals surface area contributed by atoms with E-state index in [1.54, 1.807) is 0 Å². The number of carbonyl (C=O) groups excluding carboxylic acids is 1. The normalized spacial score (nSPS) is 32.2. The molecule has 1 heterocycles. The van der Waals surface area contributed by atoms with Gasteiger partial charge >= 0.3 is 5.97 Å². The van der Waals surface area contributed by atoms with E-state index in [-0.39, 0.29) is 18.0 Å². The molecular weight excluding hydrogens is 140 g/mol. The summed E-state index contributed by atoms with van der Waals surface area (Å²) in [6, 6.07) is 0. The van der Waals surface area contributed by atoms with Gasteiger partial charge in [-0.15, -0.1) is 0 Å². The summed E-state index contributed by atoms with van der Waals surface area (Å²) in [5, 5.41) is 0.